The maximum absolute atomic E-state index is 2.38. The van der Waals surface area contributed by atoms with Crippen molar-refractivity contribution in [1.29, 1.82) is 0 Å². The fraction of sp³-hybridized carbons (Fsp3) is 1.00. The van der Waals surface area contributed by atoms with Crippen LogP contribution in [0.4, 0.5) is 0 Å². The third-order valence-electron chi connectivity index (χ3n) is 10.3. The third-order valence-corrected chi connectivity index (χ3v) is 10.3. The van der Waals surface area contributed by atoms with E-state index in [0.29, 0.717) is 0 Å². The molecular weight excluding hydrogens is 456 g/mol. The van der Waals surface area contributed by atoms with E-state index in [9.17, 15) is 0 Å². The Balaban J connectivity index is 2.60. The Bertz CT molecular complexity index is 453. The van der Waals surface area contributed by atoms with Crippen LogP contribution >= 0.6 is 0 Å². The van der Waals surface area contributed by atoms with Crippen LogP contribution in [0.3, 0.4) is 0 Å². The molecule has 1 aliphatic carbocycles. The summed E-state index contributed by atoms with van der Waals surface area (Å²) in [6, 6.07) is 0. The topological polar surface area (TPSA) is 0 Å². The van der Waals surface area contributed by atoms with E-state index >= 15 is 0 Å². The lowest BCUT2D eigenvalue weighted by atomic mass is 9.61. The first-order valence-electron chi connectivity index (χ1n) is 18.8. The van der Waals surface area contributed by atoms with Crippen molar-refractivity contribution in [3.63, 3.8) is 0 Å². The Labute approximate surface area is 243 Å². The van der Waals surface area contributed by atoms with Gasteiger partial charge in [0.2, 0.25) is 0 Å². The van der Waals surface area contributed by atoms with Gasteiger partial charge in [-0.15, -0.1) is 0 Å². The van der Waals surface area contributed by atoms with Crippen LogP contribution in [0.2, 0.25) is 0 Å². The second-order valence-corrected chi connectivity index (χ2v) is 13.7. The molecule has 0 heterocycles. The van der Waals surface area contributed by atoms with E-state index in [2.05, 4.69) is 27.7 Å². The van der Waals surface area contributed by atoms with Gasteiger partial charge >= 0.3 is 0 Å². The quantitative estimate of drug-likeness (QED) is 0.0879. The smallest absolute Gasteiger partial charge is 0.0355 e. The molecule has 0 aromatic carbocycles. The van der Waals surface area contributed by atoms with Gasteiger partial charge in [-0.05, 0) is 49.4 Å². The first-order chi connectivity index (χ1) is 18.8. The van der Waals surface area contributed by atoms with Crippen LogP contribution in [-0.4, -0.2) is 0 Å². The minimum atomic E-state index is 1.06. The third kappa shape index (κ3) is 18.4. The molecule has 0 N–H and O–H groups in total. The van der Waals surface area contributed by atoms with Gasteiger partial charge in [-0.3, -0.25) is 0 Å². The van der Waals surface area contributed by atoms with E-state index < -0.39 is 0 Å². The molecule has 0 aromatic heterocycles. The molecule has 1 saturated carbocycles. The highest BCUT2D eigenvalue weighted by atomic mass is 14.4. The fourth-order valence-corrected chi connectivity index (χ4v) is 7.87. The summed E-state index contributed by atoms with van der Waals surface area (Å²) in [4.78, 5) is 0. The molecule has 38 heavy (non-hydrogen) atoms. The van der Waals surface area contributed by atoms with E-state index in [1.807, 2.05) is 0 Å². The molecule has 228 valence electrons. The van der Waals surface area contributed by atoms with Crippen molar-refractivity contribution in [3.05, 3.63) is 0 Å². The molecule has 1 fully saturated rings. The van der Waals surface area contributed by atoms with Gasteiger partial charge < -0.3 is 0 Å². The molecular formula is C38H76. The number of unbranched alkanes of at least 4 members (excludes halogenated alkanes) is 20. The highest BCUT2D eigenvalue weighted by Crippen LogP contribution is 2.47. The lowest BCUT2D eigenvalue weighted by molar-refractivity contribution is 0.0582. The van der Waals surface area contributed by atoms with E-state index in [-0.39, 0.29) is 0 Å². The van der Waals surface area contributed by atoms with E-state index in [1.165, 1.54) is 154 Å². The Morgan fingerprint density at radius 2 is 0.526 bits per heavy atom. The van der Waals surface area contributed by atoms with Gasteiger partial charge in [0.05, 0.1) is 0 Å². The van der Waals surface area contributed by atoms with Gasteiger partial charge in [-0.2, -0.15) is 0 Å². The zero-order valence-corrected chi connectivity index (χ0v) is 27.5. The molecule has 0 nitrogen and oxygen atoms in total. The van der Waals surface area contributed by atoms with Gasteiger partial charge in [-0.25, -0.2) is 0 Å². The average molecular weight is 533 g/mol. The van der Waals surface area contributed by atoms with Crippen LogP contribution in [0.25, 0.3) is 0 Å². The molecule has 0 saturated heterocycles. The van der Waals surface area contributed by atoms with Crippen LogP contribution in [0.15, 0.2) is 0 Å². The minimum absolute atomic E-state index is 1.06. The van der Waals surface area contributed by atoms with Gasteiger partial charge in [-0.1, -0.05) is 195 Å². The maximum atomic E-state index is 2.38. The molecule has 0 spiro atoms. The van der Waals surface area contributed by atoms with Crippen molar-refractivity contribution in [2.75, 3.05) is 0 Å². The highest BCUT2D eigenvalue weighted by Gasteiger charge is 2.37. The van der Waals surface area contributed by atoms with Crippen LogP contribution in [0.1, 0.15) is 220 Å². The standard InChI is InChI=1S/C38H76/c1-5-9-13-16-18-19-20-22-24-28-32-38-36(30-26-23-21-17-14-10-6-2)34-33-35(29-25-12-8-4)37(38)31-27-15-11-7-3/h35-38H,5-34H2,1-4H3. The Morgan fingerprint density at radius 3 is 0.895 bits per heavy atom. The molecule has 4 unspecified atom stereocenters. The molecule has 0 radical (unpaired) electrons. The predicted molar refractivity (Wildman–Crippen MR) is 175 cm³/mol. The summed E-state index contributed by atoms with van der Waals surface area (Å²) in [5.74, 6) is 4.24. The van der Waals surface area contributed by atoms with Gasteiger partial charge in [0.1, 0.15) is 0 Å². The van der Waals surface area contributed by atoms with Crippen molar-refractivity contribution >= 4 is 0 Å². The first-order valence-corrected chi connectivity index (χ1v) is 18.8. The van der Waals surface area contributed by atoms with Crippen molar-refractivity contribution in [3.8, 4) is 0 Å². The minimum Gasteiger partial charge on any atom is -0.0654 e. The second-order valence-electron chi connectivity index (χ2n) is 13.7. The SMILES string of the molecule is CCCCCCCCCCCCC1C(CCCCCCCCC)CCC(CCCCC)C1CCCCCC. The monoisotopic (exact) mass is 533 g/mol. The van der Waals surface area contributed by atoms with E-state index in [4.69, 9.17) is 0 Å². The van der Waals surface area contributed by atoms with Gasteiger partial charge in [0.25, 0.3) is 0 Å². The maximum Gasteiger partial charge on any atom is -0.0355 e. The normalized spacial score (nSPS) is 21.8. The number of hydrogen-bond donors (Lipinski definition) is 0. The Hall–Kier alpha value is 0. The Kier molecular flexibility index (Phi) is 25.8. The molecule has 0 heteroatoms. The van der Waals surface area contributed by atoms with Crippen LogP contribution < -0.4 is 0 Å². The summed E-state index contributed by atoms with van der Waals surface area (Å²) in [5, 5.41) is 0. The second kappa shape index (κ2) is 27.2. The summed E-state index contributed by atoms with van der Waals surface area (Å²) in [7, 11) is 0. The fourth-order valence-electron chi connectivity index (χ4n) is 7.87. The van der Waals surface area contributed by atoms with E-state index in [0.717, 1.165) is 23.7 Å². The average Bonchev–Trinajstić information content (AvgIpc) is 2.93. The zero-order valence-electron chi connectivity index (χ0n) is 27.5. The van der Waals surface area contributed by atoms with Crippen molar-refractivity contribution in [1.82, 2.24) is 0 Å². The van der Waals surface area contributed by atoms with Crippen molar-refractivity contribution in [2.24, 2.45) is 23.7 Å². The Morgan fingerprint density at radius 1 is 0.289 bits per heavy atom. The molecule has 4 atom stereocenters. The molecule has 1 aliphatic rings. The molecule has 1 rings (SSSR count). The summed E-state index contributed by atoms with van der Waals surface area (Å²) in [6.07, 6.45) is 44.7. The summed E-state index contributed by atoms with van der Waals surface area (Å²) in [6.45, 7) is 9.43. The lowest BCUT2D eigenvalue weighted by Gasteiger charge is -2.44. The molecule has 0 aromatic rings. The summed E-state index contributed by atoms with van der Waals surface area (Å²) in [5.41, 5.74) is 0. The molecule has 0 amide bonds. The zero-order chi connectivity index (χ0) is 27.5. The predicted octanol–water partition coefficient (Wildman–Crippen LogP) is 14.2. The summed E-state index contributed by atoms with van der Waals surface area (Å²) >= 11 is 0. The van der Waals surface area contributed by atoms with Crippen molar-refractivity contribution < 1.29 is 0 Å². The molecule has 0 aliphatic heterocycles. The number of rotatable bonds is 28. The van der Waals surface area contributed by atoms with E-state index in [1.54, 1.807) is 38.5 Å². The van der Waals surface area contributed by atoms with Crippen LogP contribution in [0, 0.1) is 23.7 Å². The van der Waals surface area contributed by atoms with Gasteiger partial charge in [0, 0.05) is 0 Å². The van der Waals surface area contributed by atoms with Crippen LogP contribution in [-0.2, 0) is 0 Å². The summed E-state index contributed by atoms with van der Waals surface area (Å²) < 4.78 is 0. The first kappa shape index (κ1) is 36.0. The largest absolute Gasteiger partial charge is 0.0654 e. The van der Waals surface area contributed by atoms with Gasteiger partial charge in [0.15, 0.2) is 0 Å². The van der Waals surface area contributed by atoms with Crippen molar-refractivity contribution in [2.45, 2.75) is 220 Å². The molecule has 0 bridgehead atoms. The lowest BCUT2D eigenvalue weighted by Crippen LogP contribution is -2.35. The van der Waals surface area contributed by atoms with Crippen LogP contribution in [0.5, 0.6) is 0 Å². The highest BCUT2D eigenvalue weighted by molar-refractivity contribution is 4.88. The number of hydrogen-bond acceptors (Lipinski definition) is 0.